The van der Waals surface area contributed by atoms with Crippen LogP contribution in [-0.2, 0) is 11.2 Å². The predicted octanol–water partition coefficient (Wildman–Crippen LogP) is 2.65. The molecule has 2 amide bonds. The Bertz CT molecular complexity index is 780. The average molecular weight is 395 g/mol. The van der Waals surface area contributed by atoms with Crippen LogP contribution in [0.4, 0.5) is 0 Å². The highest BCUT2D eigenvalue weighted by atomic mass is 35.5. The van der Waals surface area contributed by atoms with Crippen LogP contribution in [-0.4, -0.2) is 38.1 Å². The van der Waals surface area contributed by atoms with Gasteiger partial charge in [-0.3, -0.25) is 9.59 Å². The van der Waals surface area contributed by atoms with Crippen molar-refractivity contribution in [2.45, 2.75) is 12.8 Å². The lowest BCUT2D eigenvalue weighted by Crippen LogP contribution is -2.31. The number of carbonyl (C=O) groups excluding carboxylic acids is 2. The highest BCUT2D eigenvalue weighted by Gasteiger charge is 2.16. The molecule has 2 heterocycles. The van der Waals surface area contributed by atoms with E-state index in [0.29, 0.717) is 54.8 Å². The lowest BCUT2D eigenvalue weighted by Gasteiger charge is -2.20. The Morgan fingerprint density at radius 3 is 2.81 bits per heavy atom. The maximum absolute atomic E-state index is 11.9. The fourth-order valence-corrected chi connectivity index (χ4v) is 3.45. The van der Waals surface area contributed by atoms with Crippen molar-refractivity contribution in [3.8, 4) is 11.5 Å². The van der Waals surface area contributed by atoms with Crippen LogP contribution in [0.5, 0.6) is 11.5 Å². The van der Waals surface area contributed by atoms with Crippen molar-refractivity contribution in [3.63, 3.8) is 0 Å². The minimum atomic E-state index is -0.162. The van der Waals surface area contributed by atoms with Crippen LogP contribution in [0.1, 0.15) is 22.3 Å². The number of fused-ring (bicyclic) bond motifs is 1. The molecule has 0 atom stereocenters. The van der Waals surface area contributed by atoms with Gasteiger partial charge in [0.1, 0.15) is 13.2 Å². The second-order valence-corrected chi connectivity index (χ2v) is 6.91. The SMILES string of the molecule is O=C(CCNC(=O)c1ccsc1)NCCc1cc(Cl)c2c(c1)OCCO2. The van der Waals surface area contributed by atoms with Gasteiger partial charge in [-0.15, -0.1) is 0 Å². The molecule has 1 aromatic heterocycles. The van der Waals surface area contributed by atoms with E-state index >= 15 is 0 Å². The zero-order chi connectivity index (χ0) is 18.4. The molecule has 0 fully saturated rings. The van der Waals surface area contributed by atoms with Crippen molar-refractivity contribution >= 4 is 34.8 Å². The van der Waals surface area contributed by atoms with Crippen molar-refractivity contribution < 1.29 is 19.1 Å². The fourth-order valence-electron chi connectivity index (χ4n) is 2.53. The highest BCUT2D eigenvalue weighted by Crippen LogP contribution is 2.38. The molecule has 26 heavy (non-hydrogen) atoms. The molecule has 0 saturated heterocycles. The second-order valence-electron chi connectivity index (χ2n) is 5.72. The van der Waals surface area contributed by atoms with Gasteiger partial charge in [-0.1, -0.05) is 11.6 Å². The summed E-state index contributed by atoms with van der Waals surface area (Å²) < 4.78 is 11.0. The molecule has 2 aromatic rings. The zero-order valence-corrected chi connectivity index (χ0v) is 15.6. The Hall–Kier alpha value is -2.25. The molecule has 0 radical (unpaired) electrons. The van der Waals surface area contributed by atoms with Crippen LogP contribution >= 0.6 is 22.9 Å². The fraction of sp³-hybridized carbons (Fsp3) is 0.333. The molecule has 1 aliphatic rings. The van der Waals surface area contributed by atoms with Gasteiger partial charge in [-0.2, -0.15) is 11.3 Å². The minimum absolute atomic E-state index is 0.112. The summed E-state index contributed by atoms with van der Waals surface area (Å²) in [4.78, 5) is 23.6. The summed E-state index contributed by atoms with van der Waals surface area (Å²) in [6.07, 6.45) is 0.862. The van der Waals surface area contributed by atoms with Crippen LogP contribution < -0.4 is 20.1 Å². The van der Waals surface area contributed by atoms with Crippen LogP contribution in [0, 0.1) is 0 Å². The highest BCUT2D eigenvalue weighted by molar-refractivity contribution is 7.08. The number of halogens is 1. The number of thiophene rings is 1. The monoisotopic (exact) mass is 394 g/mol. The van der Waals surface area contributed by atoms with E-state index in [0.717, 1.165) is 5.56 Å². The van der Waals surface area contributed by atoms with Crippen LogP contribution in [0.25, 0.3) is 0 Å². The van der Waals surface area contributed by atoms with Crippen molar-refractivity contribution in [2.24, 2.45) is 0 Å². The molecule has 0 bridgehead atoms. The number of hydrogen-bond acceptors (Lipinski definition) is 5. The third kappa shape index (κ3) is 4.89. The molecule has 3 rings (SSSR count). The maximum Gasteiger partial charge on any atom is 0.252 e. The number of benzene rings is 1. The van der Waals surface area contributed by atoms with Gasteiger partial charge in [0.2, 0.25) is 5.91 Å². The molecule has 2 N–H and O–H groups in total. The van der Waals surface area contributed by atoms with Crippen LogP contribution in [0.2, 0.25) is 5.02 Å². The Labute approximate surface area is 160 Å². The first-order valence-corrected chi connectivity index (χ1v) is 9.60. The number of hydrogen-bond donors (Lipinski definition) is 2. The van der Waals surface area contributed by atoms with Gasteiger partial charge in [-0.25, -0.2) is 0 Å². The molecule has 6 nitrogen and oxygen atoms in total. The lowest BCUT2D eigenvalue weighted by molar-refractivity contribution is -0.120. The smallest absolute Gasteiger partial charge is 0.252 e. The normalized spacial score (nSPS) is 12.5. The summed E-state index contributed by atoms with van der Waals surface area (Å²) >= 11 is 7.66. The van der Waals surface area contributed by atoms with E-state index in [1.165, 1.54) is 11.3 Å². The topological polar surface area (TPSA) is 76.7 Å². The maximum atomic E-state index is 11.9. The Morgan fingerprint density at radius 2 is 2.00 bits per heavy atom. The molecule has 138 valence electrons. The largest absolute Gasteiger partial charge is 0.486 e. The van der Waals surface area contributed by atoms with Crippen molar-refractivity contribution in [1.82, 2.24) is 10.6 Å². The summed E-state index contributed by atoms with van der Waals surface area (Å²) in [6, 6.07) is 5.45. The minimum Gasteiger partial charge on any atom is -0.486 e. The van der Waals surface area contributed by atoms with Crippen LogP contribution in [0.15, 0.2) is 29.0 Å². The van der Waals surface area contributed by atoms with Gasteiger partial charge >= 0.3 is 0 Å². The number of rotatable bonds is 7. The second kappa shape index (κ2) is 8.91. The number of nitrogens with one attached hydrogen (secondary N) is 2. The molecule has 8 heteroatoms. The summed E-state index contributed by atoms with van der Waals surface area (Å²) in [7, 11) is 0. The molecular formula is C18H19ClN2O4S. The Morgan fingerprint density at radius 1 is 1.15 bits per heavy atom. The summed E-state index contributed by atoms with van der Waals surface area (Å²) in [5, 5.41) is 9.68. The van der Waals surface area contributed by atoms with E-state index in [1.54, 1.807) is 11.4 Å². The van der Waals surface area contributed by atoms with Gasteiger partial charge in [0.05, 0.1) is 5.02 Å². The summed E-state index contributed by atoms with van der Waals surface area (Å²) in [5.41, 5.74) is 1.58. The first kappa shape index (κ1) is 18.5. The van der Waals surface area contributed by atoms with E-state index in [4.69, 9.17) is 21.1 Å². The summed E-state index contributed by atoms with van der Waals surface area (Å²) in [6.45, 7) is 1.77. The van der Waals surface area contributed by atoms with E-state index in [1.807, 2.05) is 17.5 Å². The zero-order valence-electron chi connectivity index (χ0n) is 14.0. The molecule has 0 unspecified atom stereocenters. The van der Waals surface area contributed by atoms with E-state index in [2.05, 4.69) is 10.6 Å². The molecule has 1 aromatic carbocycles. The van der Waals surface area contributed by atoms with Gasteiger partial charge in [0.15, 0.2) is 11.5 Å². The summed E-state index contributed by atoms with van der Waals surface area (Å²) in [5.74, 6) is 0.942. The van der Waals surface area contributed by atoms with Gasteiger partial charge in [0.25, 0.3) is 5.91 Å². The van der Waals surface area contributed by atoms with Crippen molar-refractivity contribution in [3.05, 3.63) is 45.1 Å². The molecule has 0 aliphatic carbocycles. The number of amides is 2. The number of carbonyl (C=O) groups is 2. The van der Waals surface area contributed by atoms with Gasteiger partial charge in [-0.05, 0) is 35.6 Å². The quantitative estimate of drug-likeness (QED) is 0.756. The van der Waals surface area contributed by atoms with Gasteiger partial charge < -0.3 is 20.1 Å². The van der Waals surface area contributed by atoms with E-state index in [-0.39, 0.29) is 18.2 Å². The first-order valence-electron chi connectivity index (χ1n) is 8.28. The Kier molecular flexibility index (Phi) is 6.35. The van der Waals surface area contributed by atoms with Gasteiger partial charge in [0, 0.05) is 30.5 Å². The average Bonchev–Trinajstić information content (AvgIpc) is 3.16. The number of ether oxygens (including phenoxy) is 2. The molecular weight excluding hydrogens is 376 g/mol. The van der Waals surface area contributed by atoms with Crippen molar-refractivity contribution in [2.75, 3.05) is 26.3 Å². The lowest BCUT2D eigenvalue weighted by atomic mass is 10.1. The standard InChI is InChI=1S/C18H19ClN2O4S/c19-14-9-12(10-15-17(14)25-7-6-24-15)1-4-20-16(22)2-5-21-18(23)13-3-8-26-11-13/h3,8-11H,1-2,4-7H2,(H,20,22)(H,21,23). The third-order valence-electron chi connectivity index (χ3n) is 3.81. The van der Waals surface area contributed by atoms with E-state index < -0.39 is 0 Å². The first-order chi connectivity index (χ1) is 12.6. The third-order valence-corrected chi connectivity index (χ3v) is 4.78. The van der Waals surface area contributed by atoms with E-state index in [9.17, 15) is 9.59 Å². The molecule has 0 saturated carbocycles. The predicted molar refractivity (Wildman–Crippen MR) is 100 cm³/mol. The Balaban J connectivity index is 1.38. The van der Waals surface area contributed by atoms with Crippen LogP contribution in [0.3, 0.4) is 0 Å². The molecule has 0 spiro atoms. The van der Waals surface area contributed by atoms with Crippen molar-refractivity contribution in [1.29, 1.82) is 0 Å². The molecule has 1 aliphatic heterocycles.